The highest BCUT2D eigenvalue weighted by molar-refractivity contribution is 7.89. The van der Waals surface area contributed by atoms with Gasteiger partial charge in [-0.15, -0.1) is 0 Å². The molecule has 1 aromatic carbocycles. The van der Waals surface area contributed by atoms with Gasteiger partial charge in [-0.1, -0.05) is 12.2 Å². The molecule has 1 aliphatic heterocycles. The van der Waals surface area contributed by atoms with Crippen molar-refractivity contribution in [3.05, 3.63) is 35.9 Å². The van der Waals surface area contributed by atoms with E-state index in [9.17, 15) is 13.2 Å². The second-order valence-corrected chi connectivity index (χ2v) is 6.15. The number of hydrogen-bond acceptors (Lipinski definition) is 4. The minimum absolute atomic E-state index is 0.00722. The lowest BCUT2D eigenvalue weighted by molar-refractivity contribution is 0.1000. The van der Waals surface area contributed by atoms with Gasteiger partial charge in [-0.05, 0) is 24.6 Å². The highest BCUT2D eigenvalue weighted by atomic mass is 32.2. The fourth-order valence-corrected chi connectivity index (χ4v) is 3.42. The quantitative estimate of drug-likeness (QED) is 0.614. The van der Waals surface area contributed by atoms with Crippen LogP contribution in [0.4, 0.5) is 5.69 Å². The van der Waals surface area contributed by atoms with Crippen molar-refractivity contribution in [2.75, 3.05) is 18.8 Å². The molecule has 0 atom stereocenters. The summed E-state index contributed by atoms with van der Waals surface area (Å²) in [5.74, 6) is -0.642. The maximum Gasteiger partial charge on any atom is 0.248 e. The van der Waals surface area contributed by atoms with Crippen LogP contribution in [0.5, 0.6) is 0 Å². The van der Waals surface area contributed by atoms with Crippen molar-refractivity contribution < 1.29 is 13.2 Å². The molecule has 1 aromatic rings. The van der Waals surface area contributed by atoms with Crippen molar-refractivity contribution in [2.24, 2.45) is 5.73 Å². The third-order valence-corrected chi connectivity index (χ3v) is 4.87. The summed E-state index contributed by atoms with van der Waals surface area (Å²) >= 11 is 0. The van der Waals surface area contributed by atoms with Crippen LogP contribution >= 0.6 is 0 Å². The van der Waals surface area contributed by atoms with Crippen molar-refractivity contribution in [2.45, 2.75) is 11.3 Å². The molecular formula is C12H15N3O3S. The minimum Gasteiger partial charge on any atom is -0.398 e. The van der Waals surface area contributed by atoms with Crippen LogP contribution in [0.15, 0.2) is 35.2 Å². The molecule has 0 spiro atoms. The van der Waals surface area contributed by atoms with E-state index < -0.39 is 15.9 Å². The van der Waals surface area contributed by atoms with Crippen LogP contribution in [0.1, 0.15) is 16.8 Å². The molecule has 0 radical (unpaired) electrons. The standard InChI is InChI=1S/C12H15N3O3S/c13-10-8-9(12(14)16)4-5-11(10)19(17,18)15-6-2-1-3-7-15/h1-2,4-5,8H,3,6-7,13H2,(H2,14,16). The number of nitrogens with zero attached hydrogens (tertiary/aromatic N) is 1. The molecule has 19 heavy (non-hydrogen) atoms. The van der Waals surface area contributed by atoms with Gasteiger partial charge in [-0.2, -0.15) is 4.31 Å². The summed E-state index contributed by atoms with van der Waals surface area (Å²) in [4.78, 5) is 11.0. The number of nitrogen functional groups attached to an aromatic ring is 1. The fourth-order valence-electron chi connectivity index (χ4n) is 1.91. The molecule has 0 aliphatic carbocycles. The van der Waals surface area contributed by atoms with Crippen molar-refractivity contribution in [1.82, 2.24) is 4.31 Å². The van der Waals surface area contributed by atoms with E-state index in [1.165, 1.54) is 22.5 Å². The summed E-state index contributed by atoms with van der Waals surface area (Å²) < 4.78 is 26.1. The highest BCUT2D eigenvalue weighted by Crippen LogP contribution is 2.24. The van der Waals surface area contributed by atoms with Crippen molar-refractivity contribution in [1.29, 1.82) is 0 Å². The van der Waals surface area contributed by atoms with Crippen molar-refractivity contribution in [3.8, 4) is 0 Å². The van der Waals surface area contributed by atoms with E-state index in [0.717, 1.165) is 0 Å². The van der Waals surface area contributed by atoms with Gasteiger partial charge >= 0.3 is 0 Å². The van der Waals surface area contributed by atoms with Crippen molar-refractivity contribution >= 4 is 21.6 Å². The number of carbonyl (C=O) groups is 1. The van der Waals surface area contributed by atoms with Crippen LogP contribution in [0.2, 0.25) is 0 Å². The van der Waals surface area contributed by atoms with Gasteiger partial charge in [0.15, 0.2) is 0 Å². The largest absolute Gasteiger partial charge is 0.398 e. The topological polar surface area (TPSA) is 106 Å². The van der Waals surface area contributed by atoms with E-state index in [1.54, 1.807) is 6.08 Å². The van der Waals surface area contributed by atoms with Crippen LogP contribution in [0.25, 0.3) is 0 Å². The number of primary amides is 1. The Labute approximate surface area is 111 Å². The molecule has 1 aliphatic rings. The number of nitrogens with two attached hydrogens (primary N) is 2. The zero-order valence-electron chi connectivity index (χ0n) is 10.2. The van der Waals surface area contributed by atoms with E-state index in [4.69, 9.17) is 11.5 Å². The van der Waals surface area contributed by atoms with Gasteiger partial charge < -0.3 is 11.5 Å². The zero-order valence-corrected chi connectivity index (χ0v) is 11.1. The number of benzene rings is 1. The average molecular weight is 281 g/mol. The Morgan fingerprint density at radius 1 is 1.26 bits per heavy atom. The predicted molar refractivity (Wildman–Crippen MR) is 71.9 cm³/mol. The third kappa shape index (κ3) is 2.61. The maximum absolute atomic E-state index is 12.4. The second kappa shape index (κ2) is 5.02. The molecule has 2 rings (SSSR count). The summed E-state index contributed by atoms with van der Waals surface area (Å²) in [7, 11) is -3.63. The SMILES string of the molecule is NC(=O)c1ccc(S(=O)(=O)N2CC=CCC2)c(N)c1. The molecule has 7 heteroatoms. The molecule has 1 amide bonds. The molecule has 0 unspecified atom stereocenters. The number of sulfonamides is 1. The summed E-state index contributed by atoms with van der Waals surface area (Å²) in [6.07, 6.45) is 4.42. The van der Waals surface area contributed by atoms with E-state index in [-0.39, 0.29) is 16.1 Å². The van der Waals surface area contributed by atoms with Gasteiger partial charge in [0.05, 0.1) is 5.69 Å². The number of amides is 1. The Kier molecular flexibility index (Phi) is 3.59. The minimum atomic E-state index is -3.63. The molecule has 0 bridgehead atoms. The van der Waals surface area contributed by atoms with E-state index in [0.29, 0.717) is 19.5 Å². The molecular weight excluding hydrogens is 266 g/mol. The molecule has 102 valence electrons. The van der Waals surface area contributed by atoms with Gasteiger partial charge in [0.1, 0.15) is 4.90 Å². The zero-order chi connectivity index (χ0) is 14.0. The van der Waals surface area contributed by atoms with Crippen LogP contribution in [0.3, 0.4) is 0 Å². The molecule has 4 N–H and O–H groups in total. The predicted octanol–water partition coefficient (Wildman–Crippen LogP) is 0.318. The highest BCUT2D eigenvalue weighted by Gasteiger charge is 2.26. The van der Waals surface area contributed by atoms with Crippen LogP contribution < -0.4 is 11.5 Å². The number of rotatable bonds is 3. The van der Waals surface area contributed by atoms with Crippen LogP contribution in [-0.2, 0) is 10.0 Å². The molecule has 0 fully saturated rings. The molecule has 0 aromatic heterocycles. The monoisotopic (exact) mass is 281 g/mol. The van der Waals surface area contributed by atoms with Crippen LogP contribution in [-0.4, -0.2) is 31.7 Å². The van der Waals surface area contributed by atoms with Gasteiger partial charge in [-0.3, -0.25) is 4.79 Å². The van der Waals surface area contributed by atoms with Gasteiger partial charge in [0.25, 0.3) is 0 Å². The normalized spacial score (nSPS) is 16.4. The molecule has 0 saturated carbocycles. The smallest absolute Gasteiger partial charge is 0.248 e. The Hall–Kier alpha value is -1.86. The lowest BCUT2D eigenvalue weighted by atomic mass is 10.2. The number of hydrogen-bond donors (Lipinski definition) is 2. The summed E-state index contributed by atoms with van der Waals surface area (Å²) in [5.41, 5.74) is 11.1. The number of anilines is 1. The van der Waals surface area contributed by atoms with Gasteiger partial charge in [0, 0.05) is 18.7 Å². The Morgan fingerprint density at radius 3 is 2.53 bits per heavy atom. The fraction of sp³-hybridized carbons (Fsp3) is 0.250. The average Bonchev–Trinajstić information content (AvgIpc) is 2.39. The second-order valence-electron chi connectivity index (χ2n) is 4.24. The Bertz CT molecular complexity index is 638. The molecule has 6 nitrogen and oxygen atoms in total. The first-order chi connectivity index (χ1) is 8.93. The summed E-state index contributed by atoms with van der Waals surface area (Å²) in [6, 6.07) is 3.98. The lowest BCUT2D eigenvalue weighted by Gasteiger charge is -2.23. The van der Waals surface area contributed by atoms with Gasteiger partial charge in [0.2, 0.25) is 15.9 Å². The van der Waals surface area contributed by atoms with Gasteiger partial charge in [-0.25, -0.2) is 8.42 Å². The third-order valence-electron chi connectivity index (χ3n) is 2.93. The van der Waals surface area contributed by atoms with Crippen LogP contribution in [0, 0.1) is 0 Å². The molecule has 0 saturated heterocycles. The number of carbonyl (C=O) groups excluding carboxylic acids is 1. The first-order valence-electron chi connectivity index (χ1n) is 5.77. The van der Waals surface area contributed by atoms with E-state index in [2.05, 4.69) is 0 Å². The van der Waals surface area contributed by atoms with E-state index >= 15 is 0 Å². The molecule has 1 heterocycles. The lowest BCUT2D eigenvalue weighted by Crippen LogP contribution is -2.34. The van der Waals surface area contributed by atoms with E-state index in [1.807, 2.05) is 6.08 Å². The summed E-state index contributed by atoms with van der Waals surface area (Å²) in [5, 5.41) is 0. The first kappa shape index (κ1) is 13.6. The maximum atomic E-state index is 12.4. The Balaban J connectivity index is 2.40. The summed E-state index contributed by atoms with van der Waals surface area (Å²) in [6.45, 7) is 0.759. The Morgan fingerprint density at radius 2 is 2.00 bits per heavy atom. The first-order valence-corrected chi connectivity index (χ1v) is 7.21. The van der Waals surface area contributed by atoms with Crippen molar-refractivity contribution in [3.63, 3.8) is 0 Å².